The Morgan fingerprint density at radius 1 is 1.29 bits per heavy atom. The number of carbonyl (C=O) groups excluding carboxylic acids is 1. The Morgan fingerprint density at radius 3 is 2.89 bits per heavy atom. The van der Waals surface area contributed by atoms with Crippen molar-refractivity contribution in [2.24, 2.45) is 0 Å². The van der Waals surface area contributed by atoms with E-state index in [1.54, 1.807) is 0 Å². The van der Waals surface area contributed by atoms with Crippen molar-refractivity contribution in [1.29, 1.82) is 0 Å². The van der Waals surface area contributed by atoms with E-state index in [0.29, 0.717) is 37.8 Å². The van der Waals surface area contributed by atoms with Crippen molar-refractivity contribution in [3.63, 3.8) is 0 Å². The number of nitrogens with zero attached hydrogens (tertiary/aromatic N) is 3. The van der Waals surface area contributed by atoms with E-state index in [1.807, 2.05) is 0 Å². The van der Waals surface area contributed by atoms with Crippen LogP contribution >= 0.6 is 0 Å². The van der Waals surface area contributed by atoms with Crippen molar-refractivity contribution < 1.29 is 9.53 Å². The van der Waals surface area contributed by atoms with Crippen LogP contribution in [0.4, 0.5) is 5.82 Å². The molecule has 7 heteroatoms. The number of nitrogens with one attached hydrogen (secondary N) is 2. The van der Waals surface area contributed by atoms with E-state index in [-0.39, 0.29) is 5.91 Å². The topological polar surface area (TPSA) is 79.4 Å². The second-order valence-electron chi connectivity index (χ2n) is 7.85. The van der Waals surface area contributed by atoms with E-state index >= 15 is 0 Å². The van der Waals surface area contributed by atoms with Gasteiger partial charge in [-0.2, -0.15) is 9.97 Å². The van der Waals surface area contributed by atoms with Crippen LogP contribution in [0.2, 0.25) is 0 Å². The fraction of sp³-hybridized carbons (Fsp3) is 0.667. The predicted octanol–water partition coefficient (Wildman–Crippen LogP) is 2.32. The lowest BCUT2D eigenvalue weighted by Gasteiger charge is -2.28. The number of anilines is 1. The highest BCUT2D eigenvalue weighted by Crippen LogP contribution is 2.28. The van der Waals surface area contributed by atoms with Gasteiger partial charge in [0.05, 0.1) is 5.69 Å². The molecule has 0 radical (unpaired) electrons. The normalized spacial score (nSPS) is 19.3. The third kappa shape index (κ3) is 5.22. The highest BCUT2D eigenvalue weighted by atomic mass is 16.5. The van der Waals surface area contributed by atoms with Crippen molar-refractivity contribution >= 4 is 11.7 Å². The van der Waals surface area contributed by atoms with Crippen LogP contribution in [0.15, 0.2) is 12.7 Å². The molecule has 0 unspecified atom stereocenters. The molecule has 0 saturated carbocycles. The van der Waals surface area contributed by atoms with Gasteiger partial charge in [0.2, 0.25) is 5.91 Å². The molecule has 3 rings (SSSR count). The molecule has 0 aromatic carbocycles. The summed E-state index contributed by atoms with van der Waals surface area (Å²) < 4.78 is 6.05. The van der Waals surface area contributed by atoms with Crippen LogP contribution in [0.1, 0.15) is 50.8 Å². The summed E-state index contributed by atoms with van der Waals surface area (Å²) in [7, 11) is 0. The van der Waals surface area contributed by atoms with Crippen molar-refractivity contribution in [1.82, 2.24) is 20.2 Å². The zero-order valence-corrected chi connectivity index (χ0v) is 17.2. The number of amides is 1. The first-order chi connectivity index (χ1) is 13.6. The molecule has 1 atom stereocenters. The third-order valence-electron chi connectivity index (χ3n) is 5.56. The lowest BCUT2D eigenvalue weighted by atomic mass is 9.96. The summed E-state index contributed by atoms with van der Waals surface area (Å²) in [5.41, 5.74) is 2.29. The largest absolute Gasteiger partial charge is 0.462 e. The average Bonchev–Trinajstić information content (AvgIpc) is 3.18. The molecule has 154 valence electrons. The molecule has 2 heterocycles. The molecule has 1 aromatic heterocycles. The number of hydrogen-bond donors (Lipinski definition) is 2. The number of aromatic nitrogens is 2. The summed E-state index contributed by atoms with van der Waals surface area (Å²) in [5.74, 6) is 0.682. The lowest BCUT2D eigenvalue weighted by molar-refractivity contribution is -0.116. The summed E-state index contributed by atoms with van der Waals surface area (Å²) >= 11 is 0. The van der Waals surface area contributed by atoms with E-state index in [9.17, 15) is 4.79 Å². The monoisotopic (exact) mass is 387 g/mol. The second-order valence-corrected chi connectivity index (χ2v) is 7.85. The molecule has 1 aliphatic heterocycles. The summed E-state index contributed by atoms with van der Waals surface area (Å²) in [6.45, 7) is 10.8. The average molecular weight is 388 g/mol. The van der Waals surface area contributed by atoms with Gasteiger partial charge in [-0.3, -0.25) is 9.69 Å². The van der Waals surface area contributed by atoms with Crippen LogP contribution in [0, 0.1) is 0 Å². The quantitative estimate of drug-likeness (QED) is 0.500. The molecule has 1 fully saturated rings. The van der Waals surface area contributed by atoms with Gasteiger partial charge in [0.15, 0.2) is 0 Å². The molecule has 28 heavy (non-hydrogen) atoms. The molecule has 0 bridgehead atoms. The summed E-state index contributed by atoms with van der Waals surface area (Å²) in [6.07, 6.45) is 7.93. The van der Waals surface area contributed by atoms with Crippen LogP contribution in [-0.2, 0) is 17.6 Å². The fourth-order valence-electron chi connectivity index (χ4n) is 4.11. The van der Waals surface area contributed by atoms with Crippen molar-refractivity contribution in [2.45, 2.75) is 64.5 Å². The molecule has 1 amide bonds. The van der Waals surface area contributed by atoms with E-state index in [2.05, 4.69) is 40.9 Å². The molecule has 1 aromatic rings. The molecule has 7 nitrogen and oxygen atoms in total. The van der Waals surface area contributed by atoms with Gasteiger partial charge < -0.3 is 15.4 Å². The molecular weight excluding hydrogens is 354 g/mol. The number of rotatable bonds is 9. The minimum absolute atomic E-state index is 0.165. The van der Waals surface area contributed by atoms with Crippen molar-refractivity contribution in [3.8, 4) is 6.01 Å². The minimum atomic E-state index is -0.165. The molecule has 1 saturated heterocycles. The Morgan fingerprint density at radius 2 is 2.11 bits per heavy atom. The number of carbonyl (C=O) groups is 1. The molecule has 1 aliphatic carbocycles. The first-order valence-corrected chi connectivity index (χ1v) is 10.5. The second kappa shape index (κ2) is 9.87. The number of fused-ring (bicyclic) bond motifs is 1. The highest BCUT2D eigenvalue weighted by molar-refractivity contribution is 5.86. The third-order valence-corrected chi connectivity index (χ3v) is 5.56. The number of likely N-dealkylation sites (tertiary alicyclic amines) is 1. The van der Waals surface area contributed by atoms with Crippen molar-refractivity contribution in [3.05, 3.63) is 23.9 Å². The van der Waals surface area contributed by atoms with Crippen LogP contribution in [0.25, 0.3) is 0 Å². The first kappa shape index (κ1) is 20.6. The Kier molecular flexibility index (Phi) is 7.25. The van der Waals surface area contributed by atoms with Crippen LogP contribution < -0.4 is 15.4 Å². The van der Waals surface area contributed by atoms with Gasteiger partial charge in [-0.1, -0.05) is 6.58 Å². The van der Waals surface area contributed by atoms with Gasteiger partial charge in [0, 0.05) is 30.7 Å². The van der Waals surface area contributed by atoms with E-state index < -0.39 is 0 Å². The minimum Gasteiger partial charge on any atom is -0.462 e. The number of ether oxygens (including phenoxy) is 1. The maximum atomic E-state index is 11.3. The van der Waals surface area contributed by atoms with Gasteiger partial charge >= 0.3 is 6.01 Å². The summed E-state index contributed by atoms with van der Waals surface area (Å²) in [5, 5.41) is 6.13. The van der Waals surface area contributed by atoms with Gasteiger partial charge in [-0.05, 0) is 65.0 Å². The number of hydrogen-bond acceptors (Lipinski definition) is 6. The van der Waals surface area contributed by atoms with Crippen LogP contribution in [-0.4, -0.2) is 59.1 Å². The lowest BCUT2D eigenvalue weighted by Crippen LogP contribution is -2.39. The van der Waals surface area contributed by atoms with E-state index in [1.165, 1.54) is 18.1 Å². The number of aryl methyl sites for hydroxylation is 1. The van der Waals surface area contributed by atoms with E-state index in [4.69, 9.17) is 9.72 Å². The summed E-state index contributed by atoms with van der Waals surface area (Å²) in [6, 6.07) is 1.43. The van der Waals surface area contributed by atoms with Crippen LogP contribution in [0.3, 0.4) is 0 Å². The Hall–Kier alpha value is -2.15. The Labute approximate surface area is 168 Å². The van der Waals surface area contributed by atoms with Gasteiger partial charge in [0.25, 0.3) is 0 Å². The molecule has 2 aliphatic rings. The zero-order chi connectivity index (χ0) is 19.9. The van der Waals surface area contributed by atoms with Crippen molar-refractivity contribution in [2.75, 3.05) is 31.6 Å². The zero-order valence-electron chi connectivity index (χ0n) is 17.2. The smallest absolute Gasteiger partial charge is 0.318 e. The standard InChI is InChI=1S/C21H33N5O2/c1-4-19(27)22-11-12-23-20-17-9-5-6-10-18(17)24-21(25-20)28-14-16-8-7-13-26(16)15(2)3/h4,15-16H,1,5-14H2,2-3H3,(H,22,27)(H,23,24,25)/t16-/m0/s1. The first-order valence-electron chi connectivity index (χ1n) is 10.5. The SMILES string of the molecule is C=CC(=O)NCCNc1nc(OC[C@@H]2CCCN2C(C)C)nc2c1CCCC2. The maximum absolute atomic E-state index is 11.3. The van der Waals surface area contributed by atoms with Gasteiger partial charge in [-0.25, -0.2) is 0 Å². The molecule has 0 spiro atoms. The Balaban J connectivity index is 1.64. The van der Waals surface area contributed by atoms with E-state index in [0.717, 1.165) is 50.2 Å². The fourth-order valence-corrected chi connectivity index (χ4v) is 4.11. The highest BCUT2D eigenvalue weighted by Gasteiger charge is 2.27. The molecular formula is C21H33N5O2. The maximum Gasteiger partial charge on any atom is 0.318 e. The van der Waals surface area contributed by atoms with Crippen LogP contribution in [0.5, 0.6) is 6.01 Å². The van der Waals surface area contributed by atoms with Gasteiger partial charge in [-0.15, -0.1) is 0 Å². The summed E-state index contributed by atoms with van der Waals surface area (Å²) in [4.78, 5) is 23.1. The predicted molar refractivity (Wildman–Crippen MR) is 111 cm³/mol. The Bertz CT molecular complexity index is 692. The molecule has 2 N–H and O–H groups in total. The van der Waals surface area contributed by atoms with Gasteiger partial charge in [0.1, 0.15) is 12.4 Å².